The van der Waals surface area contributed by atoms with E-state index in [9.17, 15) is 0 Å². The molecule has 0 saturated heterocycles. The number of allylic oxidation sites excluding steroid dienone is 2. The summed E-state index contributed by atoms with van der Waals surface area (Å²) < 4.78 is 5.12. The minimum Gasteiger partial charge on any atom is -0.497 e. The van der Waals surface area contributed by atoms with E-state index in [1.165, 1.54) is 5.56 Å². The lowest BCUT2D eigenvalue weighted by molar-refractivity contribution is 0.415. The monoisotopic (exact) mass is 320 g/mol. The van der Waals surface area contributed by atoms with Crippen LogP contribution in [0.1, 0.15) is 36.5 Å². The van der Waals surface area contributed by atoms with Crippen molar-refractivity contribution in [2.24, 2.45) is 10.2 Å². The van der Waals surface area contributed by atoms with E-state index >= 15 is 0 Å². The van der Waals surface area contributed by atoms with Crippen LogP contribution < -0.4 is 4.74 Å². The first-order valence-electron chi connectivity index (χ1n) is 8.26. The van der Waals surface area contributed by atoms with Gasteiger partial charge in [0.25, 0.3) is 0 Å². The molecule has 0 aliphatic carbocycles. The van der Waals surface area contributed by atoms with Gasteiger partial charge in [0.2, 0.25) is 0 Å². The van der Waals surface area contributed by atoms with Gasteiger partial charge in [0.1, 0.15) is 5.75 Å². The largest absolute Gasteiger partial charge is 0.497 e. The lowest BCUT2D eigenvalue weighted by atomic mass is 10.1. The number of aryl methyl sites for hydroxylation is 1. The molecule has 0 fully saturated rings. The Bertz CT molecular complexity index is 683. The van der Waals surface area contributed by atoms with Gasteiger partial charge in [-0.05, 0) is 60.2 Å². The third-order valence-corrected chi connectivity index (χ3v) is 3.58. The number of benzene rings is 2. The Balaban J connectivity index is 1.84. The normalized spacial score (nSPS) is 11.8. The van der Waals surface area contributed by atoms with Gasteiger partial charge >= 0.3 is 0 Å². The Morgan fingerprint density at radius 3 is 1.96 bits per heavy atom. The summed E-state index contributed by atoms with van der Waals surface area (Å²) in [5, 5.41) is 8.18. The second-order valence-electron chi connectivity index (χ2n) is 5.42. The fourth-order valence-corrected chi connectivity index (χ4v) is 2.19. The Kier molecular flexibility index (Phi) is 7.48. The van der Waals surface area contributed by atoms with E-state index in [1.54, 1.807) is 19.5 Å². The van der Waals surface area contributed by atoms with Crippen LogP contribution in [0.25, 0.3) is 0 Å². The highest BCUT2D eigenvalue weighted by Crippen LogP contribution is 2.10. The molecule has 0 aliphatic heterocycles. The van der Waals surface area contributed by atoms with Crippen LogP contribution >= 0.6 is 0 Å². The van der Waals surface area contributed by atoms with Gasteiger partial charge in [-0.2, -0.15) is 10.2 Å². The van der Waals surface area contributed by atoms with E-state index in [0.29, 0.717) is 0 Å². The molecular weight excluding hydrogens is 296 g/mol. The van der Waals surface area contributed by atoms with Crippen molar-refractivity contribution in [3.8, 4) is 5.75 Å². The molecule has 24 heavy (non-hydrogen) atoms. The molecule has 0 aromatic heterocycles. The number of rotatable bonds is 8. The smallest absolute Gasteiger partial charge is 0.118 e. The Labute approximate surface area is 144 Å². The van der Waals surface area contributed by atoms with Crippen LogP contribution in [0.15, 0.2) is 70.9 Å². The van der Waals surface area contributed by atoms with E-state index in [4.69, 9.17) is 4.74 Å². The van der Waals surface area contributed by atoms with E-state index < -0.39 is 0 Å². The summed E-state index contributed by atoms with van der Waals surface area (Å²) in [5.41, 5.74) is 3.38. The van der Waals surface area contributed by atoms with Crippen LogP contribution in [0, 0.1) is 0 Å². The van der Waals surface area contributed by atoms with Crippen LogP contribution in [0.5, 0.6) is 5.75 Å². The number of ether oxygens (including phenoxy) is 1. The molecule has 2 aromatic carbocycles. The maximum atomic E-state index is 5.12. The average molecular weight is 320 g/mol. The predicted molar refractivity (Wildman–Crippen MR) is 102 cm³/mol. The molecule has 0 unspecified atom stereocenters. The number of hydrogen-bond acceptors (Lipinski definition) is 3. The van der Waals surface area contributed by atoms with Crippen molar-refractivity contribution in [3.63, 3.8) is 0 Å². The van der Waals surface area contributed by atoms with Gasteiger partial charge in [-0.1, -0.05) is 43.3 Å². The minimum absolute atomic E-state index is 0.834. The van der Waals surface area contributed by atoms with Crippen LogP contribution in [0.4, 0.5) is 0 Å². The highest BCUT2D eigenvalue weighted by molar-refractivity contribution is 5.82. The van der Waals surface area contributed by atoms with Gasteiger partial charge in [0.15, 0.2) is 0 Å². The summed E-state index contributed by atoms with van der Waals surface area (Å²) in [6.07, 6.45) is 11.2. The van der Waals surface area contributed by atoms with E-state index in [-0.39, 0.29) is 0 Å². The maximum absolute atomic E-state index is 5.12. The van der Waals surface area contributed by atoms with Gasteiger partial charge < -0.3 is 4.74 Å². The molecule has 3 heteroatoms. The van der Waals surface area contributed by atoms with Crippen molar-refractivity contribution in [2.45, 2.75) is 26.2 Å². The molecule has 0 heterocycles. The quantitative estimate of drug-likeness (QED) is 0.381. The number of hydrogen-bond donors (Lipinski definition) is 0. The zero-order valence-corrected chi connectivity index (χ0v) is 14.4. The van der Waals surface area contributed by atoms with Crippen LogP contribution in [-0.4, -0.2) is 19.5 Å². The molecule has 0 spiro atoms. The lowest BCUT2D eigenvalue weighted by Crippen LogP contribution is -1.86. The zero-order chi connectivity index (χ0) is 17.0. The summed E-state index contributed by atoms with van der Waals surface area (Å²) in [7, 11) is 1.65. The Hall–Kier alpha value is -2.68. The summed E-state index contributed by atoms with van der Waals surface area (Å²) in [6, 6.07) is 16.1. The Morgan fingerprint density at radius 2 is 1.42 bits per heavy atom. The molecule has 0 saturated carbocycles. The van der Waals surface area contributed by atoms with Gasteiger partial charge in [0.05, 0.1) is 19.5 Å². The topological polar surface area (TPSA) is 34.0 Å². The van der Waals surface area contributed by atoms with Crippen LogP contribution in [0.2, 0.25) is 0 Å². The van der Waals surface area contributed by atoms with Crippen molar-refractivity contribution in [3.05, 3.63) is 77.4 Å². The van der Waals surface area contributed by atoms with Gasteiger partial charge in [-0.25, -0.2) is 0 Å². The highest BCUT2D eigenvalue weighted by atomic mass is 16.5. The highest BCUT2D eigenvalue weighted by Gasteiger charge is 1.92. The lowest BCUT2D eigenvalue weighted by Gasteiger charge is -1.99. The average Bonchev–Trinajstić information content (AvgIpc) is 2.64. The fraction of sp³-hybridized carbons (Fsp3) is 0.238. The van der Waals surface area contributed by atoms with Crippen LogP contribution in [0.3, 0.4) is 0 Å². The van der Waals surface area contributed by atoms with Crippen LogP contribution in [-0.2, 0) is 6.42 Å². The summed E-state index contributed by atoms with van der Waals surface area (Å²) in [5.74, 6) is 0.834. The maximum Gasteiger partial charge on any atom is 0.118 e. The van der Waals surface area contributed by atoms with E-state index in [0.717, 1.165) is 36.1 Å². The SMILES string of the molecule is CC/C=C/CCc1ccc(/C=N/N=C/c2ccc(OC)cc2)cc1. The molecule has 3 nitrogen and oxygen atoms in total. The molecule has 124 valence electrons. The molecule has 0 amide bonds. The first kappa shape index (κ1) is 17.7. The van der Waals surface area contributed by atoms with E-state index in [2.05, 4.69) is 53.5 Å². The number of methoxy groups -OCH3 is 1. The standard InChI is InChI=1S/C21H24N2O/c1-3-4-5-6-7-18-8-10-19(11-9-18)16-22-23-17-20-12-14-21(24-2)15-13-20/h4-5,8-17H,3,6-7H2,1-2H3/b5-4+,22-16+,23-17+. The molecule has 0 aliphatic rings. The molecule has 2 rings (SSSR count). The van der Waals surface area contributed by atoms with Crippen molar-refractivity contribution in [1.29, 1.82) is 0 Å². The van der Waals surface area contributed by atoms with Crippen molar-refractivity contribution < 1.29 is 4.74 Å². The predicted octanol–water partition coefficient (Wildman–Crippen LogP) is 5.05. The summed E-state index contributed by atoms with van der Waals surface area (Å²) in [4.78, 5) is 0. The van der Waals surface area contributed by atoms with Crippen molar-refractivity contribution >= 4 is 12.4 Å². The minimum atomic E-state index is 0.834. The number of nitrogens with zero attached hydrogens (tertiary/aromatic N) is 2. The van der Waals surface area contributed by atoms with E-state index in [1.807, 2.05) is 24.3 Å². The fourth-order valence-electron chi connectivity index (χ4n) is 2.19. The molecular formula is C21H24N2O. The molecule has 0 atom stereocenters. The molecule has 2 aromatic rings. The summed E-state index contributed by atoms with van der Waals surface area (Å²) in [6.45, 7) is 2.15. The first-order chi connectivity index (χ1) is 11.8. The van der Waals surface area contributed by atoms with Gasteiger partial charge in [-0.15, -0.1) is 0 Å². The second kappa shape index (κ2) is 10.2. The second-order valence-corrected chi connectivity index (χ2v) is 5.42. The Morgan fingerprint density at radius 1 is 0.833 bits per heavy atom. The molecule has 0 N–H and O–H groups in total. The third kappa shape index (κ3) is 6.21. The third-order valence-electron chi connectivity index (χ3n) is 3.58. The van der Waals surface area contributed by atoms with Crippen molar-refractivity contribution in [1.82, 2.24) is 0 Å². The van der Waals surface area contributed by atoms with Crippen molar-refractivity contribution in [2.75, 3.05) is 7.11 Å². The zero-order valence-electron chi connectivity index (χ0n) is 14.4. The first-order valence-corrected chi connectivity index (χ1v) is 8.26. The molecule has 0 radical (unpaired) electrons. The van der Waals surface area contributed by atoms with Gasteiger partial charge in [-0.3, -0.25) is 0 Å². The summed E-state index contributed by atoms with van der Waals surface area (Å²) >= 11 is 0. The molecule has 0 bridgehead atoms. The van der Waals surface area contributed by atoms with Gasteiger partial charge in [0, 0.05) is 0 Å².